The molecule has 0 aliphatic heterocycles. The Kier molecular flexibility index (Phi) is 3.32. The van der Waals surface area contributed by atoms with E-state index < -0.39 is 0 Å². The first-order valence-corrected chi connectivity index (χ1v) is 6.30. The zero-order chi connectivity index (χ0) is 10.8. The van der Waals surface area contributed by atoms with E-state index in [0.29, 0.717) is 6.54 Å². The van der Waals surface area contributed by atoms with Crippen LogP contribution in [0.2, 0.25) is 0 Å². The third-order valence-electron chi connectivity index (χ3n) is 2.92. The first-order valence-electron chi connectivity index (χ1n) is 5.51. The molecule has 0 amide bonds. The zero-order valence-corrected chi connectivity index (χ0v) is 10.6. The standard InChI is InChI=1S/C12H17BrN2/c1-2-15(10-5-6-10)11-4-3-9(8-14)12(13)7-11/h3-4,7,10H,2,5-6,8,14H2,1H3. The van der Waals surface area contributed by atoms with Gasteiger partial charge >= 0.3 is 0 Å². The number of nitrogens with zero attached hydrogens (tertiary/aromatic N) is 1. The van der Waals surface area contributed by atoms with Gasteiger partial charge in [-0.25, -0.2) is 0 Å². The molecule has 1 aliphatic carbocycles. The molecule has 15 heavy (non-hydrogen) atoms. The Morgan fingerprint density at radius 3 is 2.67 bits per heavy atom. The first kappa shape index (κ1) is 11.0. The summed E-state index contributed by atoms with van der Waals surface area (Å²) in [4.78, 5) is 2.46. The number of hydrogen-bond donors (Lipinski definition) is 1. The molecule has 1 aromatic rings. The lowest BCUT2D eigenvalue weighted by Crippen LogP contribution is -2.24. The van der Waals surface area contributed by atoms with Gasteiger partial charge < -0.3 is 10.6 Å². The Balaban J connectivity index is 2.23. The van der Waals surface area contributed by atoms with Crippen LogP contribution in [0.4, 0.5) is 5.69 Å². The monoisotopic (exact) mass is 268 g/mol. The second kappa shape index (κ2) is 4.54. The molecular weight excluding hydrogens is 252 g/mol. The predicted molar refractivity (Wildman–Crippen MR) is 68.1 cm³/mol. The van der Waals surface area contributed by atoms with Crippen LogP contribution in [0.25, 0.3) is 0 Å². The summed E-state index contributed by atoms with van der Waals surface area (Å²) < 4.78 is 1.13. The number of rotatable bonds is 4. The molecule has 0 spiro atoms. The van der Waals surface area contributed by atoms with Crippen LogP contribution in [0.3, 0.4) is 0 Å². The number of benzene rings is 1. The van der Waals surface area contributed by atoms with E-state index in [1.54, 1.807) is 0 Å². The molecule has 0 aromatic heterocycles. The molecule has 0 atom stereocenters. The summed E-state index contributed by atoms with van der Waals surface area (Å²) in [5, 5.41) is 0. The minimum atomic E-state index is 0.594. The fraction of sp³-hybridized carbons (Fsp3) is 0.500. The van der Waals surface area contributed by atoms with E-state index in [0.717, 1.165) is 17.1 Å². The molecule has 2 nitrogen and oxygen atoms in total. The van der Waals surface area contributed by atoms with Gasteiger partial charge in [0.05, 0.1) is 0 Å². The van der Waals surface area contributed by atoms with Gasteiger partial charge in [-0.1, -0.05) is 22.0 Å². The van der Waals surface area contributed by atoms with Crippen LogP contribution in [0.1, 0.15) is 25.3 Å². The summed E-state index contributed by atoms with van der Waals surface area (Å²) in [6, 6.07) is 7.24. The smallest absolute Gasteiger partial charge is 0.0380 e. The van der Waals surface area contributed by atoms with Crippen molar-refractivity contribution in [2.75, 3.05) is 11.4 Å². The molecule has 1 saturated carbocycles. The van der Waals surface area contributed by atoms with Crippen LogP contribution in [-0.2, 0) is 6.54 Å². The lowest BCUT2D eigenvalue weighted by atomic mass is 10.2. The highest BCUT2D eigenvalue weighted by molar-refractivity contribution is 9.10. The molecule has 0 bridgehead atoms. The summed E-state index contributed by atoms with van der Waals surface area (Å²) in [5.74, 6) is 0. The Bertz CT molecular complexity index is 347. The maximum Gasteiger partial charge on any atom is 0.0380 e. The maximum absolute atomic E-state index is 5.64. The normalized spacial score (nSPS) is 15.4. The molecule has 0 unspecified atom stereocenters. The average Bonchev–Trinajstić information content (AvgIpc) is 3.03. The van der Waals surface area contributed by atoms with Crippen molar-refractivity contribution < 1.29 is 0 Å². The van der Waals surface area contributed by atoms with Crippen molar-refractivity contribution in [1.82, 2.24) is 0 Å². The van der Waals surface area contributed by atoms with Crippen molar-refractivity contribution >= 4 is 21.6 Å². The highest BCUT2D eigenvalue weighted by Gasteiger charge is 2.28. The highest BCUT2D eigenvalue weighted by atomic mass is 79.9. The first-order chi connectivity index (χ1) is 7.26. The highest BCUT2D eigenvalue weighted by Crippen LogP contribution is 2.33. The molecule has 1 fully saturated rings. The van der Waals surface area contributed by atoms with Crippen LogP contribution in [0.15, 0.2) is 22.7 Å². The molecular formula is C12H17BrN2. The fourth-order valence-electron chi connectivity index (χ4n) is 1.92. The molecule has 3 heteroatoms. The van der Waals surface area contributed by atoms with Gasteiger partial charge in [0.1, 0.15) is 0 Å². The van der Waals surface area contributed by atoms with Crippen LogP contribution in [0.5, 0.6) is 0 Å². The largest absolute Gasteiger partial charge is 0.369 e. The lowest BCUT2D eigenvalue weighted by molar-refractivity contribution is 0.825. The van der Waals surface area contributed by atoms with Crippen molar-refractivity contribution in [2.45, 2.75) is 32.4 Å². The number of hydrogen-bond acceptors (Lipinski definition) is 2. The summed E-state index contributed by atoms with van der Waals surface area (Å²) in [7, 11) is 0. The van der Waals surface area contributed by atoms with Gasteiger partial charge in [0, 0.05) is 29.3 Å². The van der Waals surface area contributed by atoms with Crippen molar-refractivity contribution in [1.29, 1.82) is 0 Å². The quantitative estimate of drug-likeness (QED) is 0.910. The Morgan fingerprint density at radius 2 is 2.20 bits per heavy atom. The molecule has 0 heterocycles. The molecule has 0 radical (unpaired) electrons. The van der Waals surface area contributed by atoms with E-state index in [4.69, 9.17) is 5.73 Å². The van der Waals surface area contributed by atoms with Crippen LogP contribution >= 0.6 is 15.9 Å². The van der Waals surface area contributed by atoms with Crippen molar-refractivity contribution in [3.05, 3.63) is 28.2 Å². The summed E-state index contributed by atoms with van der Waals surface area (Å²) in [6.45, 7) is 3.89. The average molecular weight is 269 g/mol. The Hall–Kier alpha value is -0.540. The number of halogens is 1. The molecule has 2 N–H and O–H groups in total. The maximum atomic E-state index is 5.64. The van der Waals surface area contributed by atoms with Crippen LogP contribution in [-0.4, -0.2) is 12.6 Å². The molecule has 82 valence electrons. The topological polar surface area (TPSA) is 29.3 Å². The van der Waals surface area contributed by atoms with Gasteiger partial charge in [0.15, 0.2) is 0 Å². The van der Waals surface area contributed by atoms with Gasteiger partial charge in [-0.2, -0.15) is 0 Å². The molecule has 1 aromatic carbocycles. The minimum Gasteiger partial charge on any atom is -0.369 e. The van der Waals surface area contributed by atoms with Crippen LogP contribution in [0, 0.1) is 0 Å². The minimum absolute atomic E-state index is 0.594. The third kappa shape index (κ3) is 2.34. The van der Waals surface area contributed by atoms with Gasteiger partial charge in [-0.05, 0) is 37.5 Å². The van der Waals surface area contributed by atoms with Crippen molar-refractivity contribution in [2.24, 2.45) is 5.73 Å². The second-order valence-corrected chi connectivity index (χ2v) is 4.85. The third-order valence-corrected chi connectivity index (χ3v) is 3.65. The molecule has 2 rings (SSSR count). The Labute approximate surface area is 99.6 Å². The fourth-order valence-corrected chi connectivity index (χ4v) is 2.45. The Morgan fingerprint density at radius 1 is 1.47 bits per heavy atom. The number of nitrogens with two attached hydrogens (primary N) is 1. The number of anilines is 1. The van der Waals surface area contributed by atoms with E-state index in [1.165, 1.54) is 24.1 Å². The predicted octanol–water partition coefficient (Wildman–Crippen LogP) is 2.90. The van der Waals surface area contributed by atoms with E-state index in [2.05, 4.69) is 46.0 Å². The van der Waals surface area contributed by atoms with Gasteiger partial charge in [0.25, 0.3) is 0 Å². The van der Waals surface area contributed by atoms with Gasteiger partial charge in [0.2, 0.25) is 0 Å². The van der Waals surface area contributed by atoms with Crippen LogP contribution < -0.4 is 10.6 Å². The van der Waals surface area contributed by atoms with E-state index in [1.807, 2.05) is 0 Å². The summed E-state index contributed by atoms with van der Waals surface area (Å²) in [6.07, 6.45) is 2.67. The van der Waals surface area contributed by atoms with E-state index >= 15 is 0 Å². The van der Waals surface area contributed by atoms with Crippen molar-refractivity contribution in [3.63, 3.8) is 0 Å². The van der Waals surface area contributed by atoms with Crippen molar-refractivity contribution in [3.8, 4) is 0 Å². The summed E-state index contributed by atoms with van der Waals surface area (Å²) >= 11 is 3.57. The zero-order valence-electron chi connectivity index (χ0n) is 9.04. The molecule has 0 saturated heterocycles. The lowest BCUT2D eigenvalue weighted by Gasteiger charge is -2.23. The SMILES string of the molecule is CCN(c1ccc(CN)c(Br)c1)C1CC1. The second-order valence-electron chi connectivity index (χ2n) is 4.00. The van der Waals surface area contributed by atoms with E-state index in [9.17, 15) is 0 Å². The summed E-state index contributed by atoms with van der Waals surface area (Å²) in [5.41, 5.74) is 8.12. The van der Waals surface area contributed by atoms with Gasteiger partial charge in [-0.15, -0.1) is 0 Å². The van der Waals surface area contributed by atoms with Gasteiger partial charge in [-0.3, -0.25) is 0 Å². The molecule has 1 aliphatic rings. The van der Waals surface area contributed by atoms with E-state index in [-0.39, 0.29) is 0 Å².